The lowest BCUT2D eigenvalue weighted by molar-refractivity contribution is -0.298. The average Bonchev–Trinajstić information content (AvgIpc) is 3.04. The molecule has 0 radical (unpaired) electrons. The van der Waals surface area contributed by atoms with E-state index in [0.29, 0.717) is 36.0 Å². The third-order valence-electron chi connectivity index (χ3n) is 3.08. The van der Waals surface area contributed by atoms with Crippen LogP contribution in [0.2, 0.25) is 0 Å². The SMILES string of the molecule is CCOc1cc(/C=C(/Sc2nnc(CC)o2)C(=O)[O-])ccc1OC(C)C. The molecule has 0 atom stereocenters. The van der Waals surface area contributed by atoms with E-state index in [0.717, 1.165) is 11.8 Å². The Morgan fingerprint density at radius 3 is 2.65 bits per heavy atom. The van der Waals surface area contributed by atoms with Crippen LogP contribution in [-0.4, -0.2) is 28.9 Å². The molecule has 2 rings (SSSR count). The third-order valence-corrected chi connectivity index (χ3v) is 3.92. The monoisotopic (exact) mass is 377 g/mol. The fourth-order valence-corrected chi connectivity index (χ4v) is 2.72. The maximum atomic E-state index is 11.5. The summed E-state index contributed by atoms with van der Waals surface area (Å²) in [4.78, 5) is 11.4. The highest BCUT2D eigenvalue weighted by molar-refractivity contribution is 8.03. The van der Waals surface area contributed by atoms with Crippen molar-refractivity contribution < 1.29 is 23.8 Å². The van der Waals surface area contributed by atoms with Gasteiger partial charge in [-0.15, -0.1) is 10.2 Å². The summed E-state index contributed by atoms with van der Waals surface area (Å²) < 4.78 is 16.6. The molecule has 8 heteroatoms. The number of hydrogen-bond acceptors (Lipinski definition) is 8. The quantitative estimate of drug-likeness (QED) is 0.486. The van der Waals surface area contributed by atoms with Gasteiger partial charge in [-0.25, -0.2) is 0 Å². The minimum absolute atomic E-state index is 0.00442. The number of aromatic nitrogens is 2. The highest BCUT2D eigenvalue weighted by Gasteiger charge is 2.12. The molecule has 1 heterocycles. The number of nitrogens with zero attached hydrogens (tertiary/aromatic N) is 2. The van der Waals surface area contributed by atoms with Gasteiger partial charge < -0.3 is 23.8 Å². The Balaban J connectivity index is 2.30. The first-order valence-electron chi connectivity index (χ1n) is 8.29. The van der Waals surface area contributed by atoms with Crippen molar-refractivity contribution in [1.29, 1.82) is 0 Å². The van der Waals surface area contributed by atoms with Gasteiger partial charge in [-0.3, -0.25) is 0 Å². The van der Waals surface area contributed by atoms with Crippen LogP contribution in [0.5, 0.6) is 11.5 Å². The molecule has 0 bridgehead atoms. The Labute approximate surface area is 156 Å². The molecular formula is C18H21N2O5S-. The van der Waals surface area contributed by atoms with Gasteiger partial charge in [0.05, 0.1) is 18.7 Å². The second kappa shape index (κ2) is 9.28. The molecule has 0 aliphatic carbocycles. The van der Waals surface area contributed by atoms with Crippen molar-refractivity contribution in [2.45, 2.75) is 45.4 Å². The van der Waals surface area contributed by atoms with Crippen molar-refractivity contribution >= 4 is 23.8 Å². The number of carboxylic acids is 1. The van der Waals surface area contributed by atoms with E-state index in [9.17, 15) is 9.90 Å². The summed E-state index contributed by atoms with van der Waals surface area (Å²) in [5, 5.41) is 19.2. The lowest BCUT2D eigenvalue weighted by Gasteiger charge is -2.15. The van der Waals surface area contributed by atoms with Gasteiger partial charge >= 0.3 is 0 Å². The molecule has 0 amide bonds. The number of rotatable bonds is 9. The topological polar surface area (TPSA) is 97.5 Å². The van der Waals surface area contributed by atoms with Gasteiger partial charge in [-0.05, 0) is 56.3 Å². The average molecular weight is 377 g/mol. The molecule has 0 fully saturated rings. The Kier molecular flexibility index (Phi) is 7.08. The summed E-state index contributed by atoms with van der Waals surface area (Å²) >= 11 is 0.849. The zero-order valence-corrected chi connectivity index (χ0v) is 16.0. The maximum Gasteiger partial charge on any atom is 0.281 e. The minimum atomic E-state index is -1.33. The van der Waals surface area contributed by atoms with Crippen LogP contribution in [0, 0.1) is 0 Å². The number of benzene rings is 1. The van der Waals surface area contributed by atoms with Gasteiger partial charge in [-0.1, -0.05) is 13.0 Å². The predicted octanol–water partition coefficient (Wildman–Crippen LogP) is 2.70. The second-order valence-corrected chi connectivity index (χ2v) is 6.51. The fourth-order valence-electron chi connectivity index (χ4n) is 2.03. The standard InChI is InChI=1S/C18H22N2O5S/c1-5-16-19-20-18(25-16)26-15(17(21)22)10-12-7-8-13(24-11(3)4)14(9-12)23-6-2/h7-11H,5-6H2,1-4H3,(H,21,22)/p-1/b15-10+. The number of carbonyl (C=O) groups excluding carboxylic acids is 1. The van der Waals surface area contributed by atoms with Crippen LogP contribution in [-0.2, 0) is 11.2 Å². The summed E-state index contributed by atoms with van der Waals surface area (Å²) in [6, 6.07) is 5.21. The zero-order valence-electron chi connectivity index (χ0n) is 15.1. The molecule has 0 saturated carbocycles. The van der Waals surface area contributed by atoms with Crippen molar-refractivity contribution in [3.8, 4) is 11.5 Å². The van der Waals surface area contributed by atoms with E-state index in [1.165, 1.54) is 6.08 Å². The molecule has 2 aromatic rings. The summed E-state index contributed by atoms with van der Waals surface area (Å²) in [5.41, 5.74) is 0.631. The molecule has 26 heavy (non-hydrogen) atoms. The van der Waals surface area contributed by atoms with Crippen LogP contribution >= 0.6 is 11.8 Å². The van der Waals surface area contributed by atoms with Crippen molar-refractivity contribution in [2.24, 2.45) is 0 Å². The number of thioether (sulfide) groups is 1. The minimum Gasteiger partial charge on any atom is -0.544 e. The Morgan fingerprint density at radius 2 is 2.08 bits per heavy atom. The van der Waals surface area contributed by atoms with E-state index < -0.39 is 5.97 Å². The highest BCUT2D eigenvalue weighted by Crippen LogP contribution is 2.32. The van der Waals surface area contributed by atoms with E-state index in [2.05, 4.69) is 10.2 Å². The first-order valence-corrected chi connectivity index (χ1v) is 9.11. The van der Waals surface area contributed by atoms with Gasteiger partial charge in [0.25, 0.3) is 5.22 Å². The van der Waals surface area contributed by atoms with Crippen molar-refractivity contribution in [3.63, 3.8) is 0 Å². The van der Waals surface area contributed by atoms with E-state index in [4.69, 9.17) is 13.9 Å². The van der Waals surface area contributed by atoms with Crippen LogP contribution in [0.25, 0.3) is 6.08 Å². The fraction of sp³-hybridized carbons (Fsp3) is 0.389. The molecule has 0 spiro atoms. The van der Waals surface area contributed by atoms with E-state index in [-0.39, 0.29) is 16.2 Å². The van der Waals surface area contributed by atoms with Crippen LogP contribution < -0.4 is 14.6 Å². The summed E-state index contributed by atoms with van der Waals surface area (Å²) in [5.74, 6) is 0.264. The van der Waals surface area contributed by atoms with Gasteiger partial charge in [0.2, 0.25) is 5.89 Å². The summed E-state index contributed by atoms with van der Waals surface area (Å²) in [6.07, 6.45) is 2.04. The van der Waals surface area contributed by atoms with Gasteiger partial charge in [-0.2, -0.15) is 0 Å². The molecule has 1 aromatic carbocycles. The zero-order chi connectivity index (χ0) is 19.1. The normalized spacial score (nSPS) is 11.7. The molecule has 0 N–H and O–H groups in total. The van der Waals surface area contributed by atoms with E-state index in [1.807, 2.05) is 27.7 Å². The van der Waals surface area contributed by atoms with Gasteiger partial charge in [0.1, 0.15) is 0 Å². The molecule has 140 valence electrons. The van der Waals surface area contributed by atoms with E-state index in [1.54, 1.807) is 18.2 Å². The maximum absolute atomic E-state index is 11.5. The van der Waals surface area contributed by atoms with Crippen molar-refractivity contribution in [2.75, 3.05) is 6.61 Å². The first-order chi connectivity index (χ1) is 12.4. The van der Waals surface area contributed by atoms with Crippen LogP contribution in [0.15, 0.2) is 32.7 Å². The predicted molar refractivity (Wildman–Crippen MR) is 95.9 cm³/mol. The molecule has 0 aliphatic rings. The second-order valence-electron chi connectivity index (χ2n) is 5.52. The number of carboxylic acid groups (broad SMARTS) is 1. The lowest BCUT2D eigenvalue weighted by atomic mass is 10.2. The van der Waals surface area contributed by atoms with Crippen molar-refractivity contribution in [3.05, 3.63) is 34.6 Å². The van der Waals surface area contributed by atoms with E-state index >= 15 is 0 Å². The molecule has 0 aliphatic heterocycles. The summed E-state index contributed by atoms with van der Waals surface area (Å²) in [6.45, 7) is 8.04. The number of ether oxygens (including phenoxy) is 2. The lowest BCUT2D eigenvalue weighted by Crippen LogP contribution is -2.23. The van der Waals surface area contributed by atoms with Gasteiger partial charge in [0, 0.05) is 11.3 Å². The largest absolute Gasteiger partial charge is 0.544 e. The molecule has 0 unspecified atom stereocenters. The number of aryl methyl sites for hydroxylation is 1. The summed E-state index contributed by atoms with van der Waals surface area (Å²) in [7, 11) is 0. The first kappa shape index (κ1) is 19.8. The van der Waals surface area contributed by atoms with Crippen molar-refractivity contribution in [1.82, 2.24) is 10.2 Å². The van der Waals surface area contributed by atoms with Gasteiger partial charge in [0.15, 0.2) is 11.5 Å². The smallest absolute Gasteiger partial charge is 0.281 e. The molecule has 1 aromatic heterocycles. The Hall–Kier alpha value is -2.48. The highest BCUT2D eigenvalue weighted by atomic mass is 32.2. The Morgan fingerprint density at radius 1 is 1.31 bits per heavy atom. The number of carbonyl (C=O) groups is 1. The van der Waals surface area contributed by atoms with Crippen LogP contribution in [0.1, 0.15) is 39.1 Å². The van der Waals surface area contributed by atoms with Crippen LogP contribution in [0.3, 0.4) is 0 Å². The van der Waals surface area contributed by atoms with Crippen LogP contribution in [0.4, 0.5) is 0 Å². The number of hydrogen-bond donors (Lipinski definition) is 0. The Bertz CT molecular complexity index is 786. The third kappa shape index (κ3) is 5.52. The number of aliphatic carboxylic acids is 1. The molecule has 7 nitrogen and oxygen atoms in total. The molecular weight excluding hydrogens is 356 g/mol. The molecule has 0 saturated heterocycles.